The fourth-order valence-corrected chi connectivity index (χ4v) is 5.07. The molecule has 7 aromatic carbocycles. The van der Waals surface area contributed by atoms with E-state index in [4.69, 9.17) is 26.0 Å². The summed E-state index contributed by atoms with van der Waals surface area (Å²) in [4.78, 5) is 13.1. The van der Waals surface area contributed by atoms with Gasteiger partial charge in [0.1, 0.15) is 0 Å². The number of hydrogen-bond acceptors (Lipinski definition) is 3. The zero-order valence-electron chi connectivity index (χ0n) is 49.8. The minimum absolute atomic E-state index is 0.365. The summed E-state index contributed by atoms with van der Waals surface area (Å²) >= 11 is 0. The van der Waals surface area contributed by atoms with Crippen LogP contribution in [-0.4, -0.2) is 15.0 Å². The number of benzene rings is 7. The van der Waals surface area contributed by atoms with E-state index in [0.29, 0.717) is 0 Å². The Morgan fingerprint density at radius 1 is 0.304 bits per heavy atom. The molecule has 0 bridgehead atoms. The molecule has 0 aliphatic heterocycles. The van der Waals surface area contributed by atoms with E-state index in [1.165, 1.54) is 0 Å². The van der Waals surface area contributed by atoms with Crippen molar-refractivity contribution >= 4 is 10.8 Å². The van der Waals surface area contributed by atoms with Gasteiger partial charge in [0.05, 0.1) is 37.0 Å². The highest BCUT2D eigenvalue weighted by atomic mass is 15.0. The van der Waals surface area contributed by atoms with Crippen LogP contribution in [0.5, 0.6) is 0 Å². The predicted molar refractivity (Wildman–Crippen MR) is 189 cm³/mol. The third kappa shape index (κ3) is 4.33. The smallest absolute Gasteiger partial charge is 0.164 e. The molecule has 0 saturated carbocycles. The summed E-state index contributed by atoms with van der Waals surface area (Å²) < 4.78 is 238. The summed E-state index contributed by atoms with van der Waals surface area (Å²) in [6, 6.07) is -24.4. The van der Waals surface area contributed by atoms with Crippen molar-refractivity contribution in [2.24, 2.45) is 0 Å². The molecule has 0 spiro atoms. The molecule has 46 heavy (non-hydrogen) atoms. The summed E-state index contributed by atoms with van der Waals surface area (Å²) in [5, 5.41) is -0.860. The largest absolute Gasteiger partial charge is 0.208 e. The van der Waals surface area contributed by atoms with Gasteiger partial charge in [-0.2, -0.15) is 0 Å². The van der Waals surface area contributed by atoms with Crippen molar-refractivity contribution < 1.29 is 37.0 Å². The molecule has 3 heteroatoms. The fraction of sp³-hybridized carbons (Fsp3) is 0. The van der Waals surface area contributed by atoms with Gasteiger partial charge in [0.25, 0.3) is 0 Å². The average molecular weight is 613 g/mol. The van der Waals surface area contributed by atoms with Crippen LogP contribution in [0.1, 0.15) is 37.0 Å². The highest BCUT2D eigenvalue weighted by Gasteiger charge is 2.29. The lowest BCUT2D eigenvalue weighted by Gasteiger charge is -2.16. The summed E-state index contributed by atoms with van der Waals surface area (Å²) in [7, 11) is 0. The van der Waals surface area contributed by atoms with Gasteiger partial charge in [-0.1, -0.05) is 157 Å². The van der Waals surface area contributed by atoms with E-state index in [-0.39, 0.29) is 5.39 Å². The first-order chi connectivity index (χ1) is 34.0. The lowest BCUT2D eigenvalue weighted by molar-refractivity contribution is 1.07. The Balaban J connectivity index is 1.53. The van der Waals surface area contributed by atoms with Crippen LogP contribution >= 0.6 is 0 Å². The van der Waals surface area contributed by atoms with Gasteiger partial charge in [-0.05, 0) is 55.8 Å². The third-order valence-electron chi connectivity index (χ3n) is 6.99. The second-order valence-electron chi connectivity index (χ2n) is 9.56. The maximum absolute atomic E-state index is 9.76. The van der Waals surface area contributed by atoms with Gasteiger partial charge in [-0.25, -0.2) is 15.0 Å². The highest BCUT2D eigenvalue weighted by molar-refractivity contribution is 6.20. The van der Waals surface area contributed by atoms with Crippen molar-refractivity contribution in [2.45, 2.75) is 0 Å². The van der Waals surface area contributed by atoms with Crippen LogP contribution in [0.3, 0.4) is 0 Å². The van der Waals surface area contributed by atoms with Crippen LogP contribution in [0.4, 0.5) is 0 Å². The molecule has 0 N–H and O–H groups in total. The third-order valence-corrected chi connectivity index (χ3v) is 6.99. The Morgan fingerprint density at radius 2 is 0.739 bits per heavy atom. The van der Waals surface area contributed by atoms with E-state index < -0.39 is 247 Å². The molecule has 3 nitrogen and oxygen atoms in total. The fourth-order valence-electron chi connectivity index (χ4n) is 5.07. The number of hydrogen-bond donors (Lipinski definition) is 0. The summed E-state index contributed by atoms with van der Waals surface area (Å²) in [5.74, 6) is -2.50. The van der Waals surface area contributed by atoms with Crippen molar-refractivity contribution in [1.29, 1.82) is 0 Å². The molecular weight excluding hydrogens is 558 g/mol. The lowest BCUT2D eigenvalue weighted by Crippen LogP contribution is -2.01. The Kier molecular flexibility index (Phi) is 2.51. The maximum Gasteiger partial charge on any atom is 0.164 e. The van der Waals surface area contributed by atoms with Crippen molar-refractivity contribution in [1.82, 2.24) is 15.0 Å². The summed E-state index contributed by atoms with van der Waals surface area (Å²) in [5.41, 5.74) is -7.24. The molecule has 214 valence electrons. The van der Waals surface area contributed by atoms with Gasteiger partial charge in [0.15, 0.2) is 17.5 Å². The molecule has 1 aliphatic rings. The molecule has 1 aliphatic carbocycles. The van der Waals surface area contributed by atoms with Crippen molar-refractivity contribution in [3.63, 3.8) is 0 Å². The number of fused-ring (bicyclic) bond motifs is 3. The molecular formula is C43H27N3. The minimum Gasteiger partial charge on any atom is -0.208 e. The zero-order chi connectivity index (χ0) is 53.9. The van der Waals surface area contributed by atoms with Gasteiger partial charge in [-0.15, -0.1) is 0 Å². The van der Waals surface area contributed by atoms with E-state index in [1.807, 2.05) is 0 Å². The molecule has 0 atom stereocenters. The Hall–Kier alpha value is -6.19. The molecule has 9 rings (SSSR count). The zero-order valence-corrected chi connectivity index (χ0v) is 22.8. The summed E-state index contributed by atoms with van der Waals surface area (Å²) in [6.45, 7) is 0. The van der Waals surface area contributed by atoms with E-state index in [0.717, 1.165) is 0 Å². The van der Waals surface area contributed by atoms with Crippen LogP contribution in [0.25, 0.3) is 89.4 Å². The summed E-state index contributed by atoms with van der Waals surface area (Å²) in [6.07, 6.45) is 0. The molecule has 8 aromatic rings. The van der Waals surface area contributed by atoms with E-state index in [9.17, 15) is 11.0 Å². The van der Waals surface area contributed by atoms with Gasteiger partial charge in [-0.3, -0.25) is 0 Å². The molecule has 0 fully saturated rings. The first kappa shape index (κ1) is 10.7. The van der Waals surface area contributed by atoms with Gasteiger partial charge < -0.3 is 0 Å². The van der Waals surface area contributed by atoms with Crippen LogP contribution in [0, 0.1) is 0 Å². The SMILES string of the molecule is [2H]c1c([2H])c([2H])c(-c2nc(-c3c([2H])c([2H])c([2H])c([2H])c3[2H])nc(-c3c([2H])c([2H])c(-c4c([2H])c([2H])c(-c5c([2H])c([2H])c([2H])c([2H])c5[2H])c([2H])c4[2H])c4c3-c3c([2H])c([2H])c([2H])c5c([2H])c([2H])c([2H])c-4c35)n2)c([2H])c1[2H]. The first-order valence-electron chi connectivity index (χ1n) is 26.8. The topological polar surface area (TPSA) is 38.7 Å². The lowest BCUT2D eigenvalue weighted by atomic mass is 9.89. The molecule has 1 aromatic heterocycles. The van der Waals surface area contributed by atoms with Crippen LogP contribution in [0.15, 0.2) is 163 Å². The normalized spacial score (nSPS) is 19.7. The van der Waals surface area contributed by atoms with E-state index in [1.54, 1.807) is 0 Å². The molecule has 1 heterocycles. The predicted octanol–water partition coefficient (Wildman–Crippen LogP) is 11.0. The van der Waals surface area contributed by atoms with Gasteiger partial charge >= 0.3 is 0 Å². The quantitative estimate of drug-likeness (QED) is 0.194. The van der Waals surface area contributed by atoms with Crippen molar-refractivity contribution in [3.05, 3.63) is 163 Å². The minimum atomic E-state index is -1.04. The van der Waals surface area contributed by atoms with Crippen LogP contribution in [-0.2, 0) is 0 Å². The molecule has 0 radical (unpaired) electrons. The van der Waals surface area contributed by atoms with Gasteiger partial charge in [0, 0.05) is 22.3 Å². The second-order valence-corrected chi connectivity index (χ2v) is 9.56. The van der Waals surface area contributed by atoms with Gasteiger partial charge in [0.2, 0.25) is 0 Å². The van der Waals surface area contributed by atoms with Crippen LogP contribution in [0.2, 0.25) is 0 Å². The highest BCUT2D eigenvalue weighted by Crippen LogP contribution is 2.54. The van der Waals surface area contributed by atoms with E-state index >= 15 is 0 Å². The second kappa shape index (κ2) is 10.8. The number of nitrogens with zero attached hydrogens (tertiary/aromatic N) is 3. The van der Waals surface area contributed by atoms with Crippen molar-refractivity contribution in [3.8, 4) is 78.7 Å². The Bertz CT molecular complexity index is 3740. The first-order valence-corrected chi connectivity index (χ1v) is 13.3. The number of rotatable bonds is 5. The number of aromatic nitrogens is 3. The Morgan fingerprint density at radius 3 is 1.30 bits per heavy atom. The average Bonchev–Trinajstić information content (AvgIpc) is 3.70. The molecule has 0 saturated heterocycles. The van der Waals surface area contributed by atoms with Crippen LogP contribution < -0.4 is 0 Å². The standard InChI is InChI=1S/C43H27N3/c1-4-12-28(13-5-1)29-22-24-30(25-23-29)34-26-27-37(40-36-21-11-19-31-18-10-20-35(38(31)36)39(34)40)43-45-41(32-14-6-2-7-15-32)44-42(46-43)33-16-8-3-9-17-33/h1-27H/i1D,2D,3D,4D,5D,6D,7D,8D,9D,10D,11D,12D,13D,14D,15D,16D,17D,18D,19D,20D,21D,22D,23D,24D,25D,26D,27D. The molecule has 0 unspecified atom stereocenters. The Labute approximate surface area is 305 Å². The van der Waals surface area contributed by atoms with E-state index in [2.05, 4.69) is 15.0 Å². The monoisotopic (exact) mass is 612 g/mol. The maximum atomic E-state index is 9.76. The molecule has 0 amide bonds. The van der Waals surface area contributed by atoms with Crippen molar-refractivity contribution in [2.75, 3.05) is 0 Å².